The Morgan fingerprint density at radius 3 is 2.10 bits per heavy atom. The normalized spacial score (nSPS) is 11.4. The second kappa shape index (κ2) is 5.44. The molecule has 4 nitrogen and oxygen atoms in total. The minimum absolute atomic E-state index is 0. The van der Waals surface area contributed by atoms with Crippen molar-refractivity contribution in [3.8, 4) is 0 Å². The van der Waals surface area contributed by atoms with E-state index in [1.165, 1.54) is 6.92 Å². The summed E-state index contributed by atoms with van der Waals surface area (Å²) in [6.45, 7) is 1.31. The van der Waals surface area contributed by atoms with Crippen LogP contribution >= 0.6 is 0 Å². The van der Waals surface area contributed by atoms with E-state index in [9.17, 15) is 9.59 Å². The minimum Gasteiger partial charge on any atom is -0.480 e. The first-order valence-electron chi connectivity index (χ1n) is 2.52. The number of nitrogens with two attached hydrogens (primary N) is 1. The summed E-state index contributed by atoms with van der Waals surface area (Å²) in [7, 11) is 0. The third-order valence-electron chi connectivity index (χ3n) is 0.825. The van der Waals surface area contributed by atoms with Gasteiger partial charge in [-0.05, 0) is 6.92 Å². The van der Waals surface area contributed by atoms with Crippen LogP contribution < -0.4 is 5.73 Å². The van der Waals surface area contributed by atoms with E-state index in [0.717, 1.165) is 0 Å². The van der Waals surface area contributed by atoms with Gasteiger partial charge >= 0.3 is 5.97 Å². The van der Waals surface area contributed by atoms with Crippen LogP contribution in [-0.4, -0.2) is 40.9 Å². The van der Waals surface area contributed by atoms with Crippen molar-refractivity contribution in [3.63, 3.8) is 0 Å². The molecule has 0 aliphatic rings. The topological polar surface area (TPSA) is 80.4 Å². The van der Waals surface area contributed by atoms with Gasteiger partial charge in [-0.3, -0.25) is 9.59 Å². The number of hydrogen-bond donors (Lipinski definition) is 2. The van der Waals surface area contributed by atoms with Crippen LogP contribution in [0.2, 0.25) is 0 Å². The van der Waals surface area contributed by atoms with E-state index >= 15 is 0 Å². The molecule has 0 aromatic carbocycles. The Morgan fingerprint density at radius 2 is 2.00 bits per heavy atom. The van der Waals surface area contributed by atoms with Crippen LogP contribution in [-0.2, 0) is 9.59 Å². The smallest absolute Gasteiger partial charge is 0.320 e. The summed E-state index contributed by atoms with van der Waals surface area (Å²) in [6.07, 6.45) is -0.0880. The number of carbonyl (C=O) groups is 2. The fourth-order valence-corrected chi connectivity index (χ4v) is 0.397. The second-order valence-corrected chi connectivity index (χ2v) is 1.85. The van der Waals surface area contributed by atoms with Crippen LogP contribution in [0.5, 0.6) is 0 Å². The molecule has 10 heavy (non-hydrogen) atoms. The number of aliphatic carboxylic acids is 1. The molecule has 0 amide bonds. The standard InChI is InChI=1S/C5H9NO3.As/c1-3(7)2-4(6)5(8)9;/h4H,2,6H2,1H3,(H,8,9);. The maximum Gasteiger partial charge on any atom is 0.320 e. The molecule has 0 rings (SSSR count). The molecule has 0 spiro atoms. The van der Waals surface area contributed by atoms with E-state index < -0.39 is 12.0 Å². The number of rotatable bonds is 3. The van der Waals surface area contributed by atoms with Crippen molar-refractivity contribution in [1.29, 1.82) is 0 Å². The molecule has 5 heteroatoms. The predicted molar refractivity (Wildman–Crippen MR) is 36.7 cm³/mol. The number of carbonyl (C=O) groups excluding carboxylic acids is 1. The van der Waals surface area contributed by atoms with E-state index in [1.54, 1.807) is 0 Å². The van der Waals surface area contributed by atoms with Crippen molar-refractivity contribution in [2.75, 3.05) is 0 Å². The zero-order valence-electron chi connectivity index (χ0n) is 5.57. The first kappa shape index (κ1) is 12.3. The monoisotopic (exact) mass is 206 g/mol. The zero-order valence-corrected chi connectivity index (χ0v) is 7.45. The summed E-state index contributed by atoms with van der Waals surface area (Å²) in [6, 6.07) is -1.04. The molecular formula is C5H9AsNO3. The summed E-state index contributed by atoms with van der Waals surface area (Å²) < 4.78 is 0. The SMILES string of the molecule is CC(=O)CC(N)C(=O)O.[As]. The molecule has 1 atom stereocenters. The first-order chi connectivity index (χ1) is 4.04. The van der Waals surface area contributed by atoms with Gasteiger partial charge in [0.1, 0.15) is 11.8 Å². The predicted octanol–water partition coefficient (Wildman–Crippen LogP) is -1.00. The molecule has 0 aliphatic carbocycles. The molecule has 3 N–H and O–H groups in total. The van der Waals surface area contributed by atoms with Gasteiger partial charge in [0.25, 0.3) is 0 Å². The Labute approximate surface area is 70.1 Å². The van der Waals surface area contributed by atoms with Crippen LogP contribution in [0, 0.1) is 0 Å². The Bertz CT molecular complexity index is 137. The van der Waals surface area contributed by atoms with Gasteiger partial charge in [-0.1, -0.05) is 0 Å². The van der Waals surface area contributed by atoms with E-state index in [1.807, 2.05) is 0 Å². The quantitative estimate of drug-likeness (QED) is 0.580. The molecule has 0 bridgehead atoms. The largest absolute Gasteiger partial charge is 0.480 e. The third-order valence-corrected chi connectivity index (χ3v) is 0.825. The molecule has 0 aliphatic heterocycles. The van der Waals surface area contributed by atoms with Crippen molar-refractivity contribution >= 4 is 29.7 Å². The van der Waals surface area contributed by atoms with Crippen LogP contribution in [0.25, 0.3) is 0 Å². The van der Waals surface area contributed by atoms with Gasteiger partial charge in [0.15, 0.2) is 0 Å². The van der Waals surface area contributed by atoms with Gasteiger partial charge in [-0.25, -0.2) is 0 Å². The second-order valence-electron chi connectivity index (χ2n) is 1.85. The summed E-state index contributed by atoms with van der Waals surface area (Å²) >= 11 is 0. The zero-order chi connectivity index (χ0) is 7.44. The van der Waals surface area contributed by atoms with Crippen LogP contribution in [0.15, 0.2) is 0 Å². The Hall–Kier alpha value is -0.342. The molecule has 0 aromatic rings. The molecule has 0 saturated carbocycles. The summed E-state index contributed by atoms with van der Waals surface area (Å²) in [4.78, 5) is 20.2. The Kier molecular flexibility index (Phi) is 6.72. The van der Waals surface area contributed by atoms with Crippen LogP contribution in [0.3, 0.4) is 0 Å². The van der Waals surface area contributed by atoms with Gasteiger partial charge in [-0.2, -0.15) is 0 Å². The van der Waals surface area contributed by atoms with Crippen molar-refractivity contribution < 1.29 is 14.7 Å². The molecule has 0 heterocycles. The van der Waals surface area contributed by atoms with E-state index in [-0.39, 0.29) is 30.2 Å². The Balaban J connectivity index is 0. The van der Waals surface area contributed by atoms with E-state index in [4.69, 9.17) is 10.8 Å². The molecule has 3 radical (unpaired) electrons. The van der Waals surface area contributed by atoms with Crippen molar-refractivity contribution in [2.45, 2.75) is 19.4 Å². The molecule has 0 saturated heterocycles. The summed E-state index contributed by atoms with van der Waals surface area (Å²) in [5.74, 6) is -1.34. The van der Waals surface area contributed by atoms with Crippen molar-refractivity contribution in [2.24, 2.45) is 5.73 Å². The minimum atomic E-state index is -1.13. The van der Waals surface area contributed by atoms with Gasteiger partial charge in [-0.15, -0.1) is 0 Å². The van der Waals surface area contributed by atoms with Gasteiger partial charge in [0, 0.05) is 24.4 Å². The molecule has 0 fully saturated rings. The number of hydrogen-bond acceptors (Lipinski definition) is 3. The van der Waals surface area contributed by atoms with E-state index in [0.29, 0.717) is 0 Å². The summed E-state index contributed by atoms with van der Waals surface area (Å²) in [5.41, 5.74) is 5.00. The molecule has 57 valence electrons. The van der Waals surface area contributed by atoms with E-state index in [2.05, 4.69) is 0 Å². The van der Waals surface area contributed by atoms with Gasteiger partial charge in [0.05, 0.1) is 0 Å². The van der Waals surface area contributed by atoms with Gasteiger partial charge in [0.2, 0.25) is 0 Å². The number of carboxylic acids is 1. The maximum atomic E-state index is 10.2. The fraction of sp³-hybridized carbons (Fsp3) is 0.600. The number of Topliss-reactive ketones (excluding diaryl/α,β-unsaturated/α-hetero) is 1. The van der Waals surface area contributed by atoms with Crippen LogP contribution in [0.4, 0.5) is 0 Å². The third kappa shape index (κ3) is 5.79. The number of carboxylic acid groups (broad SMARTS) is 1. The molecule has 1 unspecified atom stereocenters. The fourth-order valence-electron chi connectivity index (χ4n) is 0.397. The molecule has 0 aromatic heterocycles. The molecular weight excluding hydrogens is 197 g/mol. The first-order valence-corrected chi connectivity index (χ1v) is 2.52. The van der Waals surface area contributed by atoms with Crippen LogP contribution in [0.1, 0.15) is 13.3 Å². The maximum absolute atomic E-state index is 10.2. The van der Waals surface area contributed by atoms with Crippen molar-refractivity contribution in [1.82, 2.24) is 0 Å². The summed E-state index contributed by atoms with van der Waals surface area (Å²) in [5, 5.41) is 8.15. The number of ketones is 1. The average molecular weight is 206 g/mol. The van der Waals surface area contributed by atoms with Gasteiger partial charge < -0.3 is 10.8 Å². The average Bonchev–Trinajstić information content (AvgIpc) is 1.63. The Morgan fingerprint density at radius 1 is 1.60 bits per heavy atom. The van der Waals surface area contributed by atoms with Crippen molar-refractivity contribution in [3.05, 3.63) is 0 Å².